The van der Waals surface area contributed by atoms with Crippen molar-refractivity contribution in [3.63, 3.8) is 0 Å². The molecule has 2 aromatic rings. The molecule has 9 heteroatoms. The van der Waals surface area contributed by atoms with E-state index in [4.69, 9.17) is 4.74 Å². The van der Waals surface area contributed by atoms with Crippen molar-refractivity contribution in [3.8, 4) is 5.75 Å². The lowest BCUT2D eigenvalue weighted by atomic mass is 9.96. The molecule has 1 N–H and O–H groups in total. The first-order valence-electron chi connectivity index (χ1n) is 9.92. The third-order valence-electron chi connectivity index (χ3n) is 5.61. The molecule has 2 heterocycles. The molecule has 4 rings (SSSR count). The Kier molecular flexibility index (Phi) is 5.69. The Morgan fingerprint density at radius 1 is 1.14 bits per heavy atom. The molecule has 0 radical (unpaired) electrons. The summed E-state index contributed by atoms with van der Waals surface area (Å²) in [6.07, 6.45) is 5.67. The molecule has 156 valence electrons. The molecule has 1 aromatic carbocycles. The maximum Gasteiger partial charge on any atom is 0.244 e. The van der Waals surface area contributed by atoms with Gasteiger partial charge in [-0.1, -0.05) is 0 Å². The summed E-state index contributed by atoms with van der Waals surface area (Å²) in [6, 6.07) is 5.38. The number of aryl methyl sites for hydroxylation is 2. The van der Waals surface area contributed by atoms with Gasteiger partial charge in [0.1, 0.15) is 16.5 Å². The van der Waals surface area contributed by atoms with E-state index in [0.717, 1.165) is 30.4 Å². The molecule has 0 bridgehead atoms. The van der Waals surface area contributed by atoms with Gasteiger partial charge >= 0.3 is 0 Å². The summed E-state index contributed by atoms with van der Waals surface area (Å²) < 4.78 is 46.9. The fraction of sp³-hybridized carbons (Fsp3) is 0.500. The van der Waals surface area contributed by atoms with Crippen LogP contribution in [-0.2, 0) is 22.9 Å². The number of halogens is 1. The molecular weight excluding hydrogens is 395 g/mol. The number of fused-ring (bicyclic) bond motifs is 1. The Balaban J connectivity index is 1.42. The monoisotopic (exact) mass is 420 g/mol. The molecule has 1 saturated heterocycles. The van der Waals surface area contributed by atoms with Gasteiger partial charge in [-0.2, -0.15) is 5.10 Å². The van der Waals surface area contributed by atoms with E-state index in [-0.39, 0.29) is 16.7 Å². The number of piperidine rings is 1. The van der Waals surface area contributed by atoms with Crippen LogP contribution in [0.25, 0.3) is 0 Å². The van der Waals surface area contributed by atoms with Crippen LogP contribution in [0.5, 0.6) is 5.75 Å². The lowest BCUT2D eigenvalue weighted by Gasteiger charge is -2.33. The number of sulfonamides is 1. The Morgan fingerprint density at radius 2 is 1.90 bits per heavy atom. The van der Waals surface area contributed by atoms with Gasteiger partial charge in [-0.05, 0) is 68.4 Å². The number of nitrogens with one attached hydrogen (secondary N) is 1. The molecular formula is C20H25FN4O3S. The summed E-state index contributed by atoms with van der Waals surface area (Å²) in [5, 5.41) is 8.76. The highest BCUT2D eigenvalue weighted by Crippen LogP contribution is 2.27. The largest absolute Gasteiger partial charge is 0.495 e. The minimum atomic E-state index is -3.88. The number of aromatic nitrogens is 2. The molecule has 0 saturated carbocycles. The van der Waals surface area contributed by atoms with Crippen molar-refractivity contribution in [2.24, 2.45) is 0 Å². The number of benzene rings is 1. The standard InChI is InChI=1S/C20H25FN4O3S/c1-28-18-7-6-15(21)13-19(18)29(26,27)24-16-8-10-25(11-9-16)20-12-14-4-2-3-5-17(14)22-23-20/h6-7,12-13,16,24H,2-5,8-11H2,1H3. The summed E-state index contributed by atoms with van der Waals surface area (Å²) in [7, 11) is -2.52. The summed E-state index contributed by atoms with van der Waals surface area (Å²) in [4.78, 5) is 1.97. The average molecular weight is 421 g/mol. The highest BCUT2D eigenvalue weighted by Gasteiger charge is 2.28. The first-order chi connectivity index (χ1) is 14.0. The highest BCUT2D eigenvalue weighted by molar-refractivity contribution is 7.89. The predicted octanol–water partition coefficient (Wildman–Crippen LogP) is 2.45. The predicted molar refractivity (Wildman–Crippen MR) is 107 cm³/mol. The number of nitrogens with zero attached hydrogens (tertiary/aromatic N) is 3. The second-order valence-electron chi connectivity index (χ2n) is 7.56. The van der Waals surface area contributed by atoms with Gasteiger partial charge in [0.25, 0.3) is 0 Å². The fourth-order valence-corrected chi connectivity index (χ4v) is 5.49. The van der Waals surface area contributed by atoms with E-state index in [1.807, 2.05) is 0 Å². The Morgan fingerprint density at radius 3 is 2.66 bits per heavy atom. The smallest absolute Gasteiger partial charge is 0.244 e. The average Bonchev–Trinajstić information content (AvgIpc) is 2.73. The van der Waals surface area contributed by atoms with Crippen molar-refractivity contribution in [2.75, 3.05) is 25.1 Å². The zero-order valence-electron chi connectivity index (χ0n) is 16.4. The second kappa shape index (κ2) is 8.23. The van der Waals surface area contributed by atoms with Crippen molar-refractivity contribution in [2.45, 2.75) is 49.5 Å². The molecule has 0 amide bonds. The summed E-state index contributed by atoms with van der Waals surface area (Å²) in [5.74, 6) is 0.367. The summed E-state index contributed by atoms with van der Waals surface area (Å²) in [6.45, 7) is 1.36. The van der Waals surface area contributed by atoms with Gasteiger partial charge in [0.05, 0.1) is 12.8 Å². The van der Waals surface area contributed by atoms with Crippen molar-refractivity contribution < 1.29 is 17.5 Å². The lowest BCUT2D eigenvalue weighted by Crippen LogP contribution is -2.45. The van der Waals surface area contributed by atoms with Crippen LogP contribution >= 0.6 is 0 Å². The fourth-order valence-electron chi connectivity index (χ4n) is 4.00. The van der Waals surface area contributed by atoms with Crippen LogP contribution in [0.1, 0.15) is 36.9 Å². The van der Waals surface area contributed by atoms with E-state index in [1.54, 1.807) is 0 Å². The van der Waals surface area contributed by atoms with Crippen LogP contribution in [0.4, 0.5) is 10.2 Å². The molecule has 1 fully saturated rings. The van der Waals surface area contributed by atoms with Crippen LogP contribution in [0.15, 0.2) is 29.2 Å². The summed E-state index contributed by atoms with van der Waals surface area (Å²) >= 11 is 0. The molecule has 0 unspecified atom stereocenters. The van der Waals surface area contributed by atoms with E-state index < -0.39 is 15.8 Å². The van der Waals surface area contributed by atoms with Gasteiger partial charge in [0.15, 0.2) is 5.82 Å². The number of anilines is 1. The SMILES string of the molecule is COc1ccc(F)cc1S(=O)(=O)NC1CCN(c2cc3c(nn2)CCCC3)CC1. The van der Waals surface area contributed by atoms with Gasteiger partial charge in [-0.15, -0.1) is 5.10 Å². The van der Waals surface area contributed by atoms with Crippen LogP contribution in [0.2, 0.25) is 0 Å². The number of ether oxygens (including phenoxy) is 1. The number of methoxy groups -OCH3 is 1. The molecule has 2 aliphatic rings. The van der Waals surface area contributed by atoms with Crippen LogP contribution in [0, 0.1) is 5.82 Å². The van der Waals surface area contributed by atoms with Crippen molar-refractivity contribution in [3.05, 3.63) is 41.3 Å². The topological polar surface area (TPSA) is 84.4 Å². The maximum atomic E-state index is 13.6. The van der Waals surface area contributed by atoms with E-state index >= 15 is 0 Å². The zero-order valence-corrected chi connectivity index (χ0v) is 17.2. The molecule has 1 aliphatic heterocycles. The minimum Gasteiger partial charge on any atom is -0.495 e. The van der Waals surface area contributed by atoms with Crippen molar-refractivity contribution >= 4 is 15.8 Å². The first-order valence-corrected chi connectivity index (χ1v) is 11.4. The van der Waals surface area contributed by atoms with Crippen LogP contribution in [-0.4, -0.2) is 44.9 Å². The highest BCUT2D eigenvalue weighted by atomic mass is 32.2. The zero-order chi connectivity index (χ0) is 20.4. The van der Waals surface area contributed by atoms with E-state index in [1.165, 1.54) is 37.6 Å². The van der Waals surface area contributed by atoms with Gasteiger partial charge in [0, 0.05) is 19.1 Å². The third kappa shape index (κ3) is 4.35. The number of hydrogen-bond donors (Lipinski definition) is 1. The molecule has 1 aliphatic carbocycles. The first kappa shape index (κ1) is 20.0. The maximum absolute atomic E-state index is 13.6. The van der Waals surface area contributed by atoms with Gasteiger partial charge in [-0.25, -0.2) is 17.5 Å². The molecule has 1 aromatic heterocycles. The molecule has 0 atom stereocenters. The normalized spacial score (nSPS) is 17.8. The van der Waals surface area contributed by atoms with Gasteiger partial charge in [0.2, 0.25) is 10.0 Å². The quantitative estimate of drug-likeness (QED) is 0.800. The Bertz CT molecular complexity index is 991. The van der Waals surface area contributed by atoms with Gasteiger partial charge < -0.3 is 9.64 Å². The molecule has 29 heavy (non-hydrogen) atoms. The summed E-state index contributed by atoms with van der Waals surface area (Å²) in [5.41, 5.74) is 2.38. The number of hydrogen-bond acceptors (Lipinski definition) is 6. The molecule has 7 nitrogen and oxygen atoms in total. The van der Waals surface area contributed by atoms with Crippen molar-refractivity contribution in [1.82, 2.24) is 14.9 Å². The van der Waals surface area contributed by atoms with E-state index in [2.05, 4.69) is 25.9 Å². The van der Waals surface area contributed by atoms with Crippen molar-refractivity contribution in [1.29, 1.82) is 0 Å². The Hall–Kier alpha value is -2.26. The van der Waals surface area contributed by atoms with Crippen LogP contribution in [0.3, 0.4) is 0 Å². The van der Waals surface area contributed by atoms with Crippen LogP contribution < -0.4 is 14.4 Å². The van der Waals surface area contributed by atoms with Gasteiger partial charge in [-0.3, -0.25) is 0 Å². The van der Waals surface area contributed by atoms with E-state index in [9.17, 15) is 12.8 Å². The minimum absolute atomic E-state index is 0.126. The lowest BCUT2D eigenvalue weighted by molar-refractivity contribution is 0.399. The third-order valence-corrected chi connectivity index (χ3v) is 7.15. The second-order valence-corrected chi connectivity index (χ2v) is 9.24. The Labute approximate surface area is 170 Å². The number of rotatable bonds is 5. The molecule has 0 spiro atoms. The van der Waals surface area contributed by atoms with E-state index in [0.29, 0.717) is 25.9 Å².